The largest absolute Gasteiger partial charge is 0.339 e. The fourth-order valence-corrected chi connectivity index (χ4v) is 7.11. The van der Waals surface area contributed by atoms with Crippen LogP contribution in [-0.2, 0) is 4.79 Å². The number of hydrogen-bond acceptors (Lipinski definition) is 2. The third kappa shape index (κ3) is 1.73. The van der Waals surface area contributed by atoms with E-state index in [0.29, 0.717) is 17.9 Å². The lowest BCUT2D eigenvalue weighted by Gasteiger charge is -2.56. The summed E-state index contributed by atoms with van der Waals surface area (Å²) in [4.78, 5) is 15.8. The second kappa shape index (κ2) is 4.24. The molecule has 6 rings (SSSR count). The Balaban J connectivity index is 1.41. The summed E-state index contributed by atoms with van der Waals surface area (Å²) in [5, 5.41) is 3.51. The van der Waals surface area contributed by atoms with Gasteiger partial charge in [-0.25, -0.2) is 0 Å². The van der Waals surface area contributed by atoms with Crippen LogP contribution in [0.25, 0.3) is 0 Å². The Hall–Kier alpha value is -0.570. The normalized spacial score (nSPS) is 54.2. The Bertz CT molecular complexity index is 439. The summed E-state index contributed by atoms with van der Waals surface area (Å²) in [5.74, 6) is 4.61. The minimum absolute atomic E-state index is 0.0646. The average molecular weight is 288 g/mol. The number of fused-ring (bicyclic) bond motifs is 1. The second-order valence-electron chi connectivity index (χ2n) is 8.98. The molecule has 0 spiro atoms. The highest BCUT2D eigenvalue weighted by molar-refractivity contribution is 5.84. The Morgan fingerprint density at radius 2 is 1.67 bits per heavy atom. The third-order valence-corrected chi connectivity index (χ3v) is 7.69. The van der Waals surface area contributed by atoms with Crippen LogP contribution in [0.2, 0.25) is 0 Å². The van der Waals surface area contributed by atoms with Crippen LogP contribution in [0, 0.1) is 35.0 Å². The van der Waals surface area contributed by atoms with E-state index in [1.54, 1.807) is 0 Å². The molecule has 6 aliphatic rings. The fraction of sp³-hybridized carbons (Fsp3) is 0.944. The van der Waals surface area contributed by atoms with E-state index in [0.717, 1.165) is 43.3 Å². The first-order chi connectivity index (χ1) is 10.1. The molecule has 2 aliphatic heterocycles. The van der Waals surface area contributed by atoms with Crippen LogP contribution in [0.1, 0.15) is 45.4 Å². The molecular weight excluding hydrogens is 260 g/mol. The van der Waals surface area contributed by atoms with Crippen molar-refractivity contribution in [3.63, 3.8) is 0 Å². The maximum Gasteiger partial charge on any atom is 0.229 e. The van der Waals surface area contributed by atoms with Gasteiger partial charge in [0.05, 0.1) is 5.41 Å². The first-order valence-electron chi connectivity index (χ1n) is 9.16. The van der Waals surface area contributed by atoms with Gasteiger partial charge in [0.15, 0.2) is 0 Å². The zero-order valence-electron chi connectivity index (χ0n) is 13.2. The zero-order valence-corrected chi connectivity index (χ0v) is 13.2. The van der Waals surface area contributed by atoms with Gasteiger partial charge in [0, 0.05) is 25.7 Å². The lowest BCUT2D eigenvalue weighted by Crippen LogP contribution is -2.55. The van der Waals surface area contributed by atoms with Crippen molar-refractivity contribution in [1.29, 1.82) is 0 Å². The maximum absolute atomic E-state index is 13.4. The number of nitrogens with one attached hydrogen (secondary N) is 1. The summed E-state index contributed by atoms with van der Waals surface area (Å²) < 4.78 is 0. The number of likely N-dealkylation sites (tertiary alicyclic amines) is 1. The molecule has 0 aromatic heterocycles. The summed E-state index contributed by atoms with van der Waals surface area (Å²) >= 11 is 0. The summed E-state index contributed by atoms with van der Waals surface area (Å²) in [6.07, 6.45) is 7.93. The summed E-state index contributed by atoms with van der Waals surface area (Å²) in [5.41, 5.74) is 0.0646. The van der Waals surface area contributed by atoms with E-state index >= 15 is 0 Å². The molecule has 1 amide bonds. The first-order valence-corrected chi connectivity index (χ1v) is 9.16. The molecule has 116 valence electrons. The van der Waals surface area contributed by atoms with E-state index in [9.17, 15) is 4.79 Å². The third-order valence-electron chi connectivity index (χ3n) is 7.69. The number of carbonyl (C=O) groups is 1. The Morgan fingerprint density at radius 1 is 1.05 bits per heavy atom. The summed E-state index contributed by atoms with van der Waals surface area (Å²) in [6.45, 7) is 5.58. The molecule has 2 heterocycles. The molecule has 6 fully saturated rings. The maximum atomic E-state index is 13.4. The van der Waals surface area contributed by atoms with Crippen LogP contribution in [-0.4, -0.2) is 36.5 Å². The van der Waals surface area contributed by atoms with E-state index < -0.39 is 0 Å². The molecule has 4 saturated carbocycles. The molecule has 21 heavy (non-hydrogen) atoms. The van der Waals surface area contributed by atoms with Crippen LogP contribution in [0.15, 0.2) is 0 Å². The molecule has 0 aromatic rings. The highest BCUT2D eigenvalue weighted by atomic mass is 16.2. The van der Waals surface area contributed by atoms with Gasteiger partial charge in [-0.3, -0.25) is 4.79 Å². The van der Waals surface area contributed by atoms with Crippen LogP contribution in [0.5, 0.6) is 0 Å². The lowest BCUT2D eigenvalue weighted by atomic mass is 9.49. The van der Waals surface area contributed by atoms with Crippen molar-refractivity contribution >= 4 is 5.91 Å². The van der Waals surface area contributed by atoms with E-state index in [2.05, 4.69) is 17.1 Å². The van der Waals surface area contributed by atoms with Crippen molar-refractivity contribution in [2.45, 2.75) is 51.5 Å². The number of amides is 1. The summed E-state index contributed by atoms with van der Waals surface area (Å²) in [7, 11) is 0. The minimum Gasteiger partial charge on any atom is -0.339 e. The van der Waals surface area contributed by atoms with Gasteiger partial charge < -0.3 is 10.2 Å². The van der Waals surface area contributed by atoms with Gasteiger partial charge in [0.25, 0.3) is 0 Å². The topological polar surface area (TPSA) is 32.3 Å². The van der Waals surface area contributed by atoms with Crippen LogP contribution < -0.4 is 5.32 Å². The monoisotopic (exact) mass is 288 g/mol. The molecule has 0 aromatic carbocycles. The lowest BCUT2D eigenvalue weighted by molar-refractivity contribution is -0.158. The predicted molar refractivity (Wildman–Crippen MR) is 81.6 cm³/mol. The molecule has 0 radical (unpaired) electrons. The number of rotatable bonds is 1. The van der Waals surface area contributed by atoms with E-state index in [1.165, 1.54) is 38.5 Å². The fourth-order valence-electron chi connectivity index (χ4n) is 7.11. The minimum atomic E-state index is 0.0646. The van der Waals surface area contributed by atoms with E-state index in [1.807, 2.05) is 0 Å². The molecular formula is C18H28N2O. The molecule has 3 nitrogen and oxygen atoms in total. The van der Waals surface area contributed by atoms with Gasteiger partial charge in [-0.2, -0.15) is 0 Å². The van der Waals surface area contributed by atoms with Crippen LogP contribution in [0.3, 0.4) is 0 Å². The first kappa shape index (κ1) is 12.9. The quantitative estimate of drug-likeness (QED) is 0.803. The van der Waals surface area contributed by atoms with Gasteiger partial charge in [0.1, 0.15) is 0 Å². The number of hydrogen-bond donors (Lipinski definition) is 1. The SMILES string of the molecule is CC1C2CNCC2CN1C(=O)C12CC3CC(CC(C3)C1)C2. The molecule has 3 unspecified atom stereocenters. The predicted octanol–water partition coefficient (Wildman–Crippen LogP) is 2.27. The molecule has 4 aliphatic carbocycles. The van der Waals surface area contributed by atoms with Crippen molar-refractivity contribution in [3.05, 3.63) is 0 Å². The van der Waals surface area contributed by atoms with Crippen molar-refractivity contribution in [2.24, 2.45) is 35.0 Å². The zero-order chi connectivity index (χ0) is 14.2. The molecule has 4 bridgehead atoms. The van der Waals surface area contributed by atoms with Crippen molar-refractivity contribution in [3.8, 4) is 0 Å². The van der Waals surface area contributed by atoms with E-state index in [4.69, 9.17) is 0 Å². The average Bonchev–Trinajstić information content (AvgIpc) is 3.00. The van der Waals surface area contributed by atoms with Gasteiger partial charge in [-0.1, -0.05) is 0 Å². The van der Waals surface area contributed by atoms with Crippen LogP contribution >= 0.6 is 0 Å². The standard InChI is InChI=1S/C18H28N2O/c1-11-16-9-19-8-15(16)10-20(11)17(21)18-5-12-2-13(6-18)4-14(3-12)7-18/h11-16,19H,2-10H2,1H3. The molecule has 1 N–H and O–H groups in total. The summed E-state index contributed by atoms with van der Waals surface area (Å²) in [6, 6.07) is 0.463. The molecule has 2 saturated heterocycles. The Labute approximate surface area is 127 Å². The van der Waals surface area contributed by atoms with Gasteiger partial charge >= 0.3 is 0 Å². The Morgan fingerprint density at radius 3 is 2.24 bits per heavy atom. The van der Waals surface area contributed by atoms with Crippen molar-refractivity contribution in [1.82, 2.24) is 10.2 Å². The van der Waals surface area contributed by atoms with Crippen molar-refractivity contribution < 1.29 is 4.79 Å². The second-order valence-corrected chi connectivity index (χ2v) is 8.98. The molecule has 3 heteroatoms. The van der Waals surface area contributed by atoms with E-state index in [-0.39, 0.29) is 5.41 Å². The highest BCUT2D eigenvalue weighted by Crippen LogP contribution is 2.61. The van der Waals surface area contributed by atoms with Crippen LogP contribution in [0.4, 0.5) is 0 Å². The Kier molecular flexibility index (Phi) is 2.61. The highest BCUT2D eigenvalue weighted by Gasteiger charge is 2.57. The molecule has 3 atom stereocenters. The smallest absolute Gasteiger partial charge is 0.229 e. The van der Waals surface area contributed by atoms with Crippen molar-refractivity contribution in [2.75, 3.05) is 19.6 Å². The van der Waals surface area contributed by atoms with Gasteiger partial charge in [-0.15, -0.1) is 0 Å². The van der Waals surface area contributed by atoms with Gasteiger partial charge in [-0.05, 0) is 75.0 Å². The number of nitrogens with zero attached hydrogens (tertiary/aromatic N) is 1. The van der Waals surface area contributed by atoms with Gasteiger partial charge in [0.2, 0.25) is 5.91 Å². The number of carbonyl (C=O) groups excluding carboxylic acids is 1.